The first-order chi connectivity index (χ1) is 14.1. The largest absolute Gasteiger partial charge is 0.444 e. The van der Waals surface area contributed by atoms with Crippen LogP contribution in [0, 0.1) is 5.41 Å². The van der Waals surface area contributed by atoms with Crippen LogP contribution < -0.4 is 5.32 Å². The van der Waals surface area contributed by atoms with Crippen molar-refractivity contribution in [3.05, 3.63) is 0 Å². The summed E-state index contributed by atoms with van der Waals surface area (Å²) in [6.45, 7) is 6.93. The summed E-state index contributed by atoms with van der Waals surface area (Å²) in [6, 6.07) is -0.497. The molecule has 0 aromatic rings. The smallest absolute Gasteiger partial charge is 0.410 e. The van der Waals surface area contributed by atoms with Crippen molar-refractivity contribution in [1.29, 1.82) is 0 Å². The van der Waals surface area contributed by atoms with Crippen LogP contribution in [0.25, 0.3) is 0 Å². The Hall–Kier alpha value is -1.42. The van der Waals surface area contributed by atoms with Gasteiger partial charge >= 0.3 is 6.09 Å². The Kier molecular flexibility index (Phi) is 6.96. The predicted molar refractivity (Wildman–Crippen MR) is 108 cm³/mol. The fourth-order valence-electron chi connectivity index (χ4n) is 4.58. The SMILES string of the molecule is CC(C)(C)OC(=O)N1CCC(O)(C2(C(=O)NC(CO)CC3OCCO3)CCC2)CC1. The summed E-state index contributed by atoms with van der Waals surface area (Å²) in [4.78, 5) is 27.2. The molecular formula is C21H36N2O7. The molecule has 3 fully saturated rings. The molecule has 1 saturated carbocycles. The molecule has 1 aliphatic carbocycles. The quantitative estimate of drug-likeness (QED) is 0.581. The number of amides is 2. The first kappa shape index (κ1) is 23.2. The van der Waals surface area contributed by atoms with Gasteiger partial charge in [0.1, 0.15) is 5.60 Å². The highest BCUT2D eigenvalue weighted by Gasteiger charge is 2.60. The minimum Gasteiger partial charge on any atom is -0.444 e. The summed E-state index contributed by atoms with van der Waals surface area (Å²) < 4.78 is 16.3. The zero-order valence-corrected chi connectivity index (χ0v) is 18.3. The van der Waals surface area contributed by atoms with Gasteiger partial charge in [-0.05, 0) is 46.5 Å². The lowest BCUT2D eigenvalue weighted by atomic mass is 9.55. The molecule has 0 spiro atoms. The number of hydrogen-bond donors (Lipinski definition) is 3. The predicted octanol–water partition coefficient (Wildman–Crippen LogP) is 1.16. The third kappa shape index (κ3) is 4.90. The first-order valence-electron chi connectivity index (χ1n) is 10.9. The number of likely N-dealkylation sites (tertiary alicyclic amines) is 1. The average Bonchev–Trinajstić information content (AvgIpc) is 3.12. The summed E-state index contributed by atoms with van der Waals surface area (Å²) in [6.07, 6.45) is 2.23. The van der Waals surface area contributed by atoms with Crippen LogP contribution in [0.3, 0.4) is 0 Å². The molecule has 2 saturated heterocycles. The lowest BCUT2D eigenvalue weighted by Gasteiger charge is -2.54. The molecule has 2 aliphatic heterocycles. The second-order valence-electron chi connectivity index (χ2n) is 9.69. The number of carbonyl (C=O) groups excluding carboxylic acids is 2. The van der Waals surface area contributed by atoms with Gasteiger partial charge in [0, 0.05) is 19.5 Å². The molecule has 0 bridgehead atoms. The fourth-order valence-corrected chi connectivity index (χ4v) is 4.58. The van der Waals surface area contributed by atoms with Crippen LogP contribution in [-0.2, 0) is 19.0 Å². The highest BCUT2D eigenvalue weighted by molar-refractivity contribution is 5.85. The van der Waals surface area contributed by atoms with Crippen molar-refractivity contribution >= 4 is 12.0 Å². The van der Waals surface area contributed by atoms with Gasteiger partial charge in [0.05, 0.1) is 36.9 Å². The maximum absolute atomic E-state index is 13.2. The molecule has 2 amide bonds. The molecule has 0 aromatic carbocycles. The summed E-state index contributed by atoms with van der Waals surface area (Å²) >= 11 is 0. The van der Waals surface area contributed by atoms with E-state index in [-0.39, 0.29) is 12.5 Å². The van der Waals surface area contributed by atoms with E-state index in [2.05, 4.69) is 5.32 Å². The van der Waals surface area contributed by atoms with E-state index in [1.54, 1.807) is 4.90 Å². The number of aliphatic hydroxyl groups excluding tert-OH is 1. The Morgan fingerprint density at radius 1 is 1.17 bits per heavy atom. The highest BCUT2D eigenvalue weighted by Crippen LogP contribution is 2.53. The topological polar surface area (TPSA) is 118 Å². The molecule has 0 aromatic heterocycles. The van der Waals surface area contributed by atoms with Crippen LogP contribution in [0.4, 0.5) is 4.79 Å². The van der Waals surface area contributed by atoms with E-state index in [4.69, 9.17) is 14.2 Å². The number of nitrogens with one attached hydrogen (secondary N) is 1. The highest BCUT2D eigenvalue weighted by atomic mass is 16.7. The van der Waals surface area contributed by atoms with Gasteiger partial charge in [-0.15, -0.1) is 0 Å². The molecule has 30 heavy (non-hydrogen) atoms. The number of rotatable bonds is 6. The molecule has 172 valence electrons. The van der Waals surface area contributed by atoms with Gasteiger partial charge in [0.15, 0.2) is 6.29 Å². The zero-order valence-electron chi connectivity index (χ0n) is 18.3. The van der Waals surface area contributed by atoms with E-state index in [0.29, 0.717) is 58.4 Å². The van der Waals surface area contributed by atoms with Crippen molar-refractivity contribution < 1.29 is 34.0 Å². The lowest BCUT2D eigenvalue weighted by Crippen LogP contribution is -2.65. The fraction of sp³-hybridized carbons (Fsp3) is 0.905. The van der Waals surface area contributed by atoms with Gasteiger partial charge < -0.3 is 34.6 Å². The van der Waals surface area contributed by atoms with Crippen LogP contribution in [0.15, 0.2) is 0 Å². The molecule has 1 atom stereocenters. The van der Waals surface area contributed by atoms with Crippen molar-refractivity contribution in [2.45, 2.75) is 82.8 Å². The van der Waals surface area contributed by atoms with E-state index in [1.165, 1.54) is 0 Å². The molecule has 1 unspecified atom stereocenters. The van der Waals surface area contributed by atoms with Crippen molar-refractivity contribution in [2.75, 3.05) is 32.9 Å². The van der Waals surface area contributed by atoms with Gasteiger partial charge in [-0.1, -0.05) is 6.42 Å². The second kappa shape index (κ2) is 8.98. The molecule has 9 nitrogen and oxygen atoms in total. The van der Waals surface area contributed by atoms with Crippen LogP contribution in [0.1, 0.15) is 59.3 Å². The van der Waals surface area contributed by atoms with E-state index < -0.39 is 35.0 Å². The summed E-state index contributed by atoms with van der Waals surface area (Å²) in [7, 11) is 0. The van der Waals surface area contributed by atoms with E-state index in [0.717, 1.165) is 6.42 Å². The van der Waals surface area contributed by atoms with Crippen LogP contribution in [-0.4, -0.2) is 83.6 Å². The van der Waals surface area contributed by atoms with Crippen molar-refractivity contribution in [3.63, 3.8) is 0 Å². The maximum Gasteiger partial charge on any atom is 0.410 e. The summed E-state index contributed by atoms with van der Waals surface area (Å²) in [5, 5.41) is 24.1. The third-order valence-electron chi connectivity index (χ3n) is 6.50. The molecule has 3 aliphatic rings. The van der Waals surface area contributed by atoms with E-state index in [9.17, 15) is 19.8 Å². The molecule has 3 rings (SSSR count). The average molecular weight is 429 g/mol. The number of aliphatic hydroxyl groups is 2. The molecule has 9 heteroatoms. The number of ether oxygens (including phenoxy) is 3. The van der Waals surface area contributed by atoms with Crippen LogP contribution in [0.2, 0.25) is 0 Å². The van der Waals surface area contributed by atoms with Crippen LogP contribution in [0.5, 0.6) is 0 Å². The molecule has 0 radical (unpaired) electrons. The number of piperidine rings is 1. The third-order valence-corrected chi connectivity index (χ3v) is 6.50. The van der Waals surface area contributed by atoms with Gasteiger partial charge in [0.2, 0.25) is 5.91 Å². The van der Waals surface area contributed by atoms with Crippen molar-refractivity contribution in [1.82, 2.24) is 10.2 Å². The summed E-state index contributed by atoms with van der Waals surface area (Å²) in [5.41, 5.74) is -2.65. The Morgan fingerprint density at radius 3 is 2.23 bits per heavy atom. The zero-order chi connectivity index (χ0) is 22.0. The standard InChI is InChI=1S/C21H36N2O7/c1-19(2,3)30-18(26)23-9-7-21(27,8-10-23)20(5-4-6-20)17(25)22-15(14-24)13-16-28-11-12-29-16/h15-16,24,27H,4-14H2,1-3H3,(H,22,25). The minimum atomic E-state index is -1.19. The van der Waals surface area contributed by atoms with Gasteiger partial charge in [-0.25, -0.2) is 4.79 Å². The second-order valence-corrected chi connectivity index (χ2v) is 9.69. The van der Waals surface area contributed by atoms with Crippen molar-refractivity contribution in [2.24, 2.45) is 5.41 Å². The van der Waals surface area contributed by atoms with Gasteiger partial charge in [-0.2, -0.15) is 0 Å². The number of nitrogens with zero attached hydrogens (tertiary/aromatic N) is 1. The molecular weight excluding hydrogens is 392 g/mol. The van der Waals surface area contributed by atoms with Crippen molar-refractivity contribution in [3.8, 4) is 0 Å². The number of hydrogen-bond acceptors (Lipinski definition) is 7. The Bertz CT molecular complexity index is 615. The van der Waals surface area contributed by atoms with E-state index >= 15 is 0 Å². The lowest BCUT2D eigenvalue weighted by molar-refractivity contribution is -0.178. The van der Waals surface area contributed by atoms with Gasteiger partial charge in [-0.3, -0.25) is 4.79 Å². The Labute approximate surface area is 178 Å². The first-order valence-corrected chi connectivity index (χ1v) is 10.9. The summed E-state index contributed by atoms with van der Waals surface area (Å²) in [5.74, 6) is -0.237. The monoisotopic (exact) mass is 428 g/mol. The minimum absolute atomic E-state index is 0.226. The van der Waals surface area contributed by atoms with Gasteiger partial charge in [0.25, 0.3) is 0 Å². The Morgan fingerprint density at radius 2 is 1.77 bits per heavy atom. The number of carbonyl (C=O) groups is 2. The normalized spacial score (nSPS) is 24.8. The maximum atomic E-state index is 13.2. The molecule has 3 N–H and O–H groups in total. The Balaban J connectivity index is 1.61. The van der Waals surface area contributed by atoms with E-state index in [1.807, 2.05) is 20.8 Å². The van der Waals surface area contributed by atoms with Crippen LogP contribution >= 0.6 is 0 Å². The molecule has 2 heterocycles.